The molecule has 0 spiro atoms. The molecule has 6 heteroatoms. The van der Waals surface area contributed by atoms with E-state index in [1.54, 1.807) is 42.6 Å². The number of benzene rings is 1. The lowest BCUT2D eigenvalue weighted by Crippen LogP contribution is -2.40. The Morgan fingerprint density at radius 2 is 1.90 bits per heavy atom. The molecule has 2 N–H and O–H groups in total. The van der Waals surface area contributed by atoms with E-state index in [0.717, 1.165) is 0 Å². The third-order valence-electron chi connectivity index (χ3n) is 2.54. The maximum absolute atomic E-state index is 11.7. The van der Waals surface area contributed by atoms with Crippen molar-refractivity contribution in [1.29, 1.82) is 0 Å². The Kier molecular flexibility index (Phi) is 5.06. The van der Waals surface area contributed by atoms with Gasteiger partial charge in [0.1, 0.15) is 0 Å². The summed E-state index contributed by atoms with van der Waals surface area (Å²) in [5, 5.41) is 0.543. The molecule has 5 nitrogen and oxygen atoms in total. The van der Waals surface area contributed by atoms with E-state index in [0.29, 0.717) is 16.1 Å². The predicted octanol–water partition coefficient (Wildman–Crippen LogP) is 2.21. The van der Waals surface area contributed by atoms with Gasteiger partial charge in [-0.05, 0) is 29.8 Å². The number of rotatable bonds is 3. The van der Waals surface area contributed by atoms with Crippen LogP contribution >= 0.6 is 11.6 Å². The summed E-state index contributed by atoms with van der Waals surface area (Å²) >= 11 is 5.96. The van der Waals surface area contributed by atoms with Crippen LogP contribution in [-0.2, 0) is 4.79 Å². The largest absolute Gasteiger partial charge is 0.271 e. The monoisotopic (exact) mass is 301 g/mol. The van der Waals surface area contributed by atoms with E-state index in [-0.39, 0.29) is 0 Å². The zero-order valence-electron chi connectivity index (χ0n) is 10.9. The number of hydrogen-bond acceptors (Lipinski definition) is 3. The highest BCUT2D eigenvalue weighted by molar-refractivity contribution is 6.32. The summed E-state index contributed by atoms with van der Waals surface area (Å²) in [6, 6.07) is 10.3. The first-order chi connectivity index (χ1) is 10.2. The lowest BCUT2D eigenvalue weighted by molar-refractivity contribution is -0.117. The minimum atomic E-state index is -0.466. The van der Waals surface area contributed by atoms with Crippen LogP contribution in [0.25, 0.3) is 6.08 Å². The second kappa shape index (κ2) is 7.21. The van der Waals surface area contributed by atoms with Gasteiger partial charge in [-0.3, -0.25) is 25.4 Å². The Hall–Kier alpha value is -2.66. The molecule has 21 heavy (non-hydrogen) atoms. The summed E-state index contributed by atoms with van der Waals surface area (Å²) in [5.74, 6) is -0.908. The van der Waals surface area contributed by atoms with E-state index in [4.69, 9.17) is 11.6 Å². The number of nitrogens with zero attached hydrogens (tertiary/aromatic N) is 1. The Labute approximate surface area is 126 Å². The van der Waals surface area contributed by atoms with Crippen LogP contribution in [0.2, 0.25) is 5.02 Å². The normalized spacial score (nSPS) is 10.3. The minimum Gasteiger partial charge on any atom is -0.268 e. The van der Waals surface area contributed by atoms with Crippen molar-refractivity contribution in [1.82, 2.24) is 15.8 Å². The highest BCUT2D eigenvalue weighted by Crippen LogP contribution is 2.15. The van der Waals surface area contributed by atoms with Crippen LogP contribution in [0.4, 0.5) is 0 Å². The van der Waals surface area contributed by atoms with E-state index >= 15 is 0 Å². The molecule has 0 bridgehead atoms. The summed E-state index contributed by atoms with van der Waals surface area (Å²) in [6.45, 7) is 0. The van der Waals surface area contributed by atoms with Crippen molar-refractivity contribution < 1.29 is 9.59 Å². The Morgan fingerprint density at radius 1 is 1.10 bits per heavy atom. The molecule has 0 fully saturated rings. The first-order valence-electron chi connectivity index (χ1n) is 6.10. The van der Waals surface area contributed by atoms with Gasteiger partial charge in [-0.25, -0.2) is 0 Å². The molecule has 2 aromatic rings. The number of amides is 2. The van der Waals surface area contributed by atoms with E-state index in [9.17, 15) is 9.59 Å². The number of aromatic nitrogens is 1. The molecule has 106 valence electrons. The van der Waals surface area contributed by atoms with Crippen LogP contribution in [0.3, 0.4) is 0 Å². The van der Waals surface area contributed by atoms with E-state index in [2.05, 4.69) is 15.8 Å². The van der Waals surface area contributed by atoms with Crippen LogP contribution in [0.5, 0.6) is 0 Å². The van der Waals surface area contributed by atoms with Gasteiger partial charge in [-0.15, -0.1) is 0 Å². The molecule has 0 unspecified atom stereocenters. The molecule has 1 aromatic heterocycles. The second-order valence-corrected chi connectivity index (χ2v) is 4.45. The molecule has 0 saturated carbocycles. The number of pyridine rings is 1. The highest BCUT2D eigenvalue weighted by Gasteiger charge is 2.05. The summed E-state index contributed by atoms with van der Waals surface area (Å²) in [7, 11) is 0. The highest BCUT2D eigenvalue weighted by atomic mass is 35.5. The van der Waals surface area contributed by atoms with Crippen molar-refractivity contribution in [3.63, 3.8) is 0 Å². The molecular formula is C15H12ClN3O2. The van der Waals surface area contributed by atoms with Gasteiger partial charge in [-0.2, -0.15) is 0 Å². The average Bonchev–Trinajstić information content (AvgIpc) is 2.52. The van der Waals surface area contributed by atoms with Crippen molar-refractivity contribution in [3.8, 4) is 0 Å². The van der Waals surface area contributed by atoms with E-state index in [1.165, 1.54) is 12.3 Å². The Balaban J connectivity index is 1.88. The third kappa shape index (κ3) is 4.43. The van der Waals surface area contributed by atoms with Crippen molar-refractivity contribution in [2.45, 2.75) is 0 Å². The minimum absolute atomic E-state index is 0.355. The van der Waals surface area contributed by atoms with Crippen molar-refractivity contribution >= 4 is 29.5 Å². The molecular weight excluding hydrogens is 290 g/mol. The smallest absolute Gasteiger partial charge is 0.268 e. The molecule has 0 aliphatic rings. The summed E-state index contributed by atoms with van der Waals surface area (Å²) in [4.78, 5) is 27.1. The summed E-state index contributed by atoms with van der Waals surface area (Å²) in [5.41, 5.74) is 5.63. The van der Waals surface area contributed by atoms with Gasteiger partial charge in [-0.1, -0.05) is 29.8 Å². The molecule has 0 aliphatic carbocycles. The van der Waals surface area contributed by atoms with Gasteiger partial charge in [0.15, 0.2) is 0 Å². The van der Waals surface area contributed by atoms with E-state index in [1.807, 2.05) is 6.07 Å². The fourth-order valence-corrected chi connectivity index (χ4v) is 1.70. The number of hydrazine groups is 1. The number of nitrogens with one attached hydrogen (secondary N) is 2. The van der Waals surface area contributed by atoms with Crippen LogP contribution in [-0.4, -0.2) is 16.8 Å². The van der Waals surface area contributed by atoms with Gasteiger partial charge in [0, 0.05) is 23.5 Å². The van der Waals surface area contributed by atoms with Crippen molar-refractivity contribution in [3.05, 3.63) is 71.0 Å². The van der Waals surface area contributed by atoms with Gasteiger partial charge < -0.3 is 0 Å². The van der Waals surface area contributed by atoms with Gasteiger partial charge in [0.05, 0.1) is 5.56 Å². The van der Waals surface area contributed by atoms with Gasteiger partial charge in [0.25, 0.3) is 11.8 Å². The van der Waals surface area contributed by atoms with Crippen LogP contribution < -0.4 is 10.9 Å². The molecule has 2 rings (SSSR count). The molecule has 0 radical (unpaired) electrons. The molecule has 0 aliphatic heterocycles. The lowest BCUT2D eigenvalue weighted by atomic mass is 10.2. The SMILES string of the molecule is O=C(C=Cc1ccccc1Cl)NNC(=O)c1cccnc1. The molecule has 1 aromatic carbocycles. The number of carbonyl (C=O) groups excluding carboxylic acids is 2. The number of halogens is 1. The topological polar surface area (TPSA) is 71.1 Å². The van der Waals surface area contributed by atoms with Crippen LogP contribution in [0, 0.1) is 0 Å². The Morgan fingerprint density at radius 3 is 2.62 bits per heavy atom. The van der Waals surface area contributed by atoms with Crippen molar-refractivity contribution in [2.75, 3.05) is 0 Å². The summed E-state index contributed by atoms with van der Waals surface area (Å²) in [6.07, 6.45) is 5.81. The third-order valence-corrected chi connectivity index (χ3v) is 2.89. The van der Waals surface area contributed by atoms with Gasteiger partial charge in [0.2, 0.25) is 0 Å². The fourth-order valence-electron chi connectivity index (χ4n) is 1.51. The zero-order chi connectivity index (χ0) is 15.1. The molecule has 0 saturated heterocycles. The molecule has 1 heterocycles. The summed E-state index contributed by atoms with van der Waals surface area (Å²) < 4.78 is 0. The van der Waals surface area contributed by atoms with Crippen molar-refractivity contribution in [2.24, 2.45) is 0 Å². The maximum atomic E-state index is 11.7. The lowest BCUT2D eigenvalue weighted by Gasteiger charge is -2.04. The first-order valence-corrected chi connectivity index (χ1v) is 6.47. The number of hydrogen-bond donors (Lipinski definition) is 2. The number of carbonyl (C=O) groups is 2. The standard InChI is InChI=1S/C15H12ClN3O2/c16-13-6-2-1-4-11(13)7-8-14(20)18-19-15(21)12-5-3-9-17-10-12/h1-10H,(H,18,20)(H,19,21). The Bertz CT molecular complexity index is 672. The first kappa shape index (κ1) is 14.7. The van der Waals surface area contributed by atoms with Crippen LogP contribution in [0.15, 0.2) is 54.9 Å². The van der Waals surface area contributed by atoms with E-state index < -0.39 is 11.8 Å². The quantitative estimate of drug-likeness (QED) is 0.674. The molecule has 2 amide bonds. The zero-order valence-corrected chi connectivity index (χ0v) is 11.7. The maximum Gasteiger partial charge on any atom is 0.271 e. The predicted molar refractivity (Wildman–Crippen MR) is 80.3 cm³/mol. The van der Waals surface area contributed by atoms with Crippen LogP contribution in [0.1, 0.15) is 15.9 Å². The average molecular weight is 302 g/mol. The molecule has 0 atom stereocenters. The fraction of sp³-hybridized carbons (Fsp3) is 0. The van der Waals surface area contributed by atoms with Gasteiger partial charge >= 0.3 is 0 Å². The second-order valence-electron chi connectivity index (χ2n) is 4.04.